The van der Waals surface area contributed by atoms with Crippen LogP contribution < -0.4 is 14.4 Å². The van der Waals surface area contributed by atoms with Gasteiger partial charge < -0.3 is 18.9 Å². The van der Waals surface area contributed by atoms with Gasteiger partial charge in [-0.2, -0.15) is 4.98 Å². The standard InChI is InChI=1S/C20H18ClN3O4/c1-26-15-6-3-12(4-7-15)19-22-20(28-23-19)13-9-18(25)24(11-13)16-10-14(21)5-8-17(16)27-2/h3-8,10,13H,9,11H2,1-2H3. The molecule has 0 radical (unpaired) electrons. The minimum absolute atomic E-state index is 0.0465. The number of carbonyl (C=O) groups excluding carboxylic acids is 1. The number of hydrogen-bond acceptors (Lipinski definition) is 6. The molecule has 28 heavy (non-hydrogen) atoms. The van der Waals surface area contributed by atoms with E-state index < -0.39 is 0 Å². The van der Waals surface area contributed by atoms with Gasteiger partial charge in [0.15, 0.2) is 0 Å². The Morgan fingerprint density at radius 2 is 1.93 bits per heavy atom. The molecule has 0 spiro atoms. The average Bonchev–Trinajstić information content (AvgIpc) is 3.35. The number of anilines is 1. The second-order valence-electron chi connectivity index (χ2n) is 6.41. The number of hydrogen-bond donors (Lipinski definition) is 0. The van der Waals surface area contributed by atoms with E-state index in [2.05, 4.69) is 10.1 Å². The lowest BCUT2D eigenvalue weighted by atomic mass is 10.1. The molecule has 1 saturated heterocycles. The predicted octanol–water partition coefficient (Wildman–Crippen LogP) is 3.93. The molecule has 0 N–H and O–H groups in total. The molecule has 7 nitrogen and oxygen atoms in total. The summed E-state index contributed by atoms with van der Waals surface area (Å²) in [5.41, 5.74) is 1.45. The van der Waals surface area contributed by atoms with Gasteiger partial charge in [0.05, 0.1) is 25.8 Å². The highest BCUT2D eigenvalue weighted by atomic mass is 35.5. The number of ether oxygens (including phenoxy) is 2. The molecule has 144 valence electrons. The van der Waals surface area contributed by atoms with Gasteiger partial charge in [-0.25, -0.2) is 0 Å². The van der Waals surface area contributed by atoms with Crippen LogP contribution in [0.1, 0.15) is 18.2 Å². The van der Waals surface area contributed by atoms with Crippen molar-refractivity contribution in [3.63, 3.8) is 0 Å². The van der Waals surface area contributed by atoms with Crippen molar-refractivity contribution < 1.29 is 18.8 Å². The molecule has 3 aromatic rings. The fourth-order valence-electron chi connectivity index (χ4n) is 3.24. The summed E-state index contributed by atoms with van der Waals surface area (Å²) in [4.78, 5) is 18.7. The number of halogens is 1. The van der Waals surface area contributed by atoms with E-state index in [9.17, 15) is 4.79 Å². The van der Waals surface area contributed by atoms with Crippen LogP contribution in [0, 0.1) is 0 Å². The van der Waals surface area contributed by atoms with Crippen molar-refractivity contribution in [2.75, 3.05) is 25.7 Å². The number of rotatable bonds is 5. The summed E-state index contributed by atoms with van der Waals surface area (Å²) in [5.74, 6) is 2.00. The SMILES string of the molecule is COc1ccc(-c2noc(C3CC(=O)N(c4cc(Cl)ccc4OC)C3)n2)cc1. The maximum atomic E-state index is 12.6. The van der Waals surface area contributed by atoms with E-state index >= 15 is 0 Å². The molecule has 1 amide bonds. The maximum absolute atomic E-state index is 12.6. The van der Waals surface area contributed by atoms with E-state index in [1.54, 1.807) is 37.3 Å². The Labute approximate surface area is 166 Å². The Bertz CT molecular complexity index is 1000. The summed E-state index contributed by atoms with van der Waals surface area (Å²) in [6, 6.07) is 12.6. The molecule has 0 aliphatic carbocycles. The summed E-state index contributed by atoms with van der Waals surface area (Å²) < 4.78 is 16.0. The molecule has 1 atom stereocenters. The number of benzene rings is 2. The molecule has 1 aliphatic heterocycles. The summed E-state index contributed by atoms with van der Waals surface area (Å²) in [7, 11) is 3.17. The van der Waals surface area contributed by atoms with E-state index in [4.69, 9.17) is 25.6 Å². The van der Waals surface area contributed by atoms with Crippen LogP contribution in [0.5, 0.6) is 11.5 Å². The second-order valence-corrected chi connectivity index (χ2v) is 6.84. The third kappa shape index (κ3) is 3.41. The van der Waals surface area contributed by atoms with Crippen LogP contribution in [0.15, 0.2) is 47.0 Å². The van der Waals surface area contributed by atoms with Crippen molar-refractivity contribution in [1.82, 2.24) is 10.1 Å². The zero-order valence-corrected chi connectivity index (χ0v) is 16.1. The molecule has 8 heteroatoms. The van der Waals surface area contributed by atoms with Crippen LogP contribution in [0.2, 0.25) is 5.02 Å². The highest BCUT2D eigenvalue weighted by molar-refractivity contribution is 6.31. The minimum atomic E-state index is -0.198. The zero-order chi connectivity index (χ0) is 19.7. The van der Waals surface area contributed by atoms with Gasteiger partial charge in [-0.3, -0.25) is 4.79 Å². The third-order valence-electron chi connectivity index (χ3n) is 4.70. The molecule has 0 bridgehead atoms. The quantitative estimate of drug-likeness (QED) is 0.647. The van der Waals surface area contributed by atoms with Gasteiger partial charge in [-0.05, 0) is 42.5 Å². The molecule has 2 heterocycles. The summed E-state index contributed by atoms with van der Waals surface area (Å²) in [5, 5.41) is 4.59. The van der Waals surface area contributed by atoms with Crippen molar-refractivity contribution in [3.05, 3.63) is 53.4 Å². The Kier molecular flexibility index (Phi) is 4.92. The number of nitrogens with zero attached hydrogens (tertiary/aromatic N) is 3. The fraction of sp³-hybridized carbons (Fsp3) is 0.250. The van der Waals surface area contributed by atoms with Crippen LogP contribution in [0.3, 0.4) is 0 Å². The molecule has 1 aliphatic rings. The van der Waals surface area contributed by atoms with Crippen LogP contribution in [0.4, 0.5) is 5.69 Å². The summed E-state index contributed by atoms with van der Waals surface area (Å²) in [6.45, 7) is 0.416. The zero-order valence-electron chi connectivity index (χ0n) is 15.4. The van der Waals surface area contributed by atoms with Crippen LogP contribution >= 0.6 is 11.6 Å². The van der Waals surface area contributed by atoms with Crippen molar-refractivity contribution in [2.24, 2.45) is 0 Å². The second kappa shape index (κ2) is 7.52. The monoisotopic (exact) mass is 399 g/mol. The lowest BCUT2D eigenvalue weighted by Crippen LogP contribution is -2.24. The normalized spacial score (nSPS) is 16.5. The van der Waals surface area contributed by atoms with Gasteiger partial charge in [0, 0.05) is 23.6 Å². The minimum Gasteiger partial charge on any atom is -0.497 e. The number of aromatic nitrogens is 2. The van der Waals surface area contributed by atoms with Gasteiger partial charge in [-0.15, -0.1) is 0 Å². The number of methoxy groups -OCH3 is 2. The molecule has 1 unspecified atom stereocenters. The van der Waals surface area contributed by atoms with Crippen molar-refractivity contribution in [1.29, 1.82) is 0 Å². The predicted molar refractivity (Wildman–Crippen MR) is 104 cm³/mol. The Hall–Kier alpha value is -3.06. The topological polar surface area (TPSA) is 77.7 Å². The van der Waals surface area contributed by atoms with E-state index in [1.165, 1.54) is 0 Å². The third-order valence-corrected chi connectivity index (χ3v) is 4.93. The Morgan fingerprint density at radius 1 is 1.14 bits per heavy atom. The average molecular weight is 400 g/mol. The first-order chi connectivity index (χ1) is 13.6. The smallest absolute Gasteiger partial charge is 0.232 e. The van der Waals surface area contributed by atoms with Crippen molar-refractivity contribution >= 4 is 23.2 Å². The molecule has 1 fully saturated rings. The molecule has 1 aromatic heterocycles. The van der Waals surface area contributed by atoms with Crippen LogP contribution in [-0.2, 0) is 4.79 Å². The molecular formula is C20H18ClN3O4. The maximum Gasteiger partial charge on any atom is 0.232 e. The van der Waals surface area contributed by atoms with E-state index in [-0.39, 0.29) is 18.2 Å². The van der Waals surface area contributed by atoms with Crippen molar-refractivity contribution in [3.8, 4) is 22.9 Å². The Morgan fingerprint density at radius 3 is 2.64 bits per heavy atom. The van der Waals surface area contributed by atoms with Crippen LogP contribution in [0.25, 0.3) is 11.4 Å². The molecule has 2 aromatic carbocycles. The largest absolute Gasteiger partial charge is 0.497 e. The summed E-state index contributed by atoms with van der Waals surface area (Å²) in [6.07, 6.45) is 0.278. The molecular weight excluding hydrogens is 382 g/mol. The fourth-order valence-corrected chi connectivity index (χ4v) is 3.40. The van der Waals surface area contributed by atoms with Gasteiger partial charge in [-0.1, -0.05) is 16.8 Å². The summed E-state index contributed by atoms with van der Waals surface area (Å²) >= 11 is 6.10. The van der Waals surface area contributed by atoms with Gasteiger partial charge >= 0.3 is 0 Å². The van der Waals surface area contributed by atoms with Gasteiger partial charge in [0.1, 0.15) is 11.5 Å². The van der Waals surface area contributed by atoms with E-state index in [1.807, 2.05) is 24.3 Å². The lowest BCUT2D eigenvalue weighted by Gasteiger charge is -2.19. The number of amides is 1. The molecule has 0 saturated carbocycles. The van der Waals surface area contributed by atoms with Crippen LogP contribution in [-0.4, -0.2) is 36.8 Å². The lowest BCUT2D eigenvalue weighted by molar-refractivity contribution is -0.117. The van der Waals surface area contributed by atoms with Gasteiger partial charge in [0.2, 0.25) is 17.6 Å². The first-order valence-corrected chi connectivity index (χ1v) is 9.08. The van der Waals surface area contributed by atoms with E-state index in [0.29, 0.717) is 34.7 Å². The highest BCUT2D eigenvalue weighted by Crippen LogP contribution is 2.38. The number of carbonyl (C=O) groups is 1. The Balaban J connectivity index is 1.56. The highest BCUT2D eigenvalue weighted by Gasteiger charge is 2.36. The van der Waals surface area contributed by atoms with Gasteiger partial charge in [0.25, 0.3) is 0 Å². The first kappa shape index (κ1) is 18.3. The first-order valence-electron chi connectivity index (χ1n) is 8.71. The van der Waals surface area contributed by atoms with Crippen molar-refractivity contribution in [2.45, 2.75) is 12.3 Å². The molecule has 4 rings (SSSR count). The van der Waals surface area contributed by atoms with E-state index in [0.717, 1.165) is 11.3 Å².